The fraction of sp³-hybridized carbons (Fsp3) is 0.889. The van der Waals surface area contributed by atoms with Crippen LogP contribution >= 0.6 is 0 Å². The van der Waals surface area contributed by atoms with Crippen LogP contribution in [0.5, 0.6) is 0 Å². The molecule has 0 aliphatic heterocycles. The summed E-state index contributed by atoms with van der Waals surface area (Å²) >= 11 is 0. The van der Waals surface area contributed by atoms with E-state index in [0.717, 1.165) is 6.42 Å². The Bertz CT molecular complexity index is 160. The Labute approximate surface area is 74.3 Å². The number of rotatable bonds is 5. The van der Waals surface area contributed by atoms with Crippen LogP contribution in [0, 0.1) is 11.3 Å². The van der Waals surface area contributed by atoms with Gasteiger partial charge in [0.1, 0.15) is 6.10 Å². The molecule has 1 unspecified atom stereocenters. The average Bonchev–Trinajstić information content (AvgIpc) is 2.04. The molecule has 0 aromatic rings. The number of nitriles is 1. The standard InChI is InChI=1S/C9H17NO2/c1-8(7-10)12-6-5-9(2,3)11-4/h8H,5-6H2,1-4H3. The molecule has 0 aliphatic carbocycles. The summed E-state index contributed by atoms with van der Waals surface area (Å²) in [6.07, 6.45) is 0.479. The van der Waals surface area contributed by atoms with Crippen molar-refractivity contribution >= 4 is 0 Å². The van der Waals surface area contributed by atoms with Crippen LogP contribution in [0.1, 0.15) is 27.2 Å². The first-order valence-corrected chi connectivity index (χ1v) is 4.08. The van der Waals surface area contributed by atoms with E-state index < -0.39 is 0 Å². The maximum atomic E-state index is 8.42. The first kappa shape index (κ1) is 11.4. The van der Waals surface area contributed by atoms with E-state index in [-0.39, 0.29) is 11.7 Å². The summed E-state index contributed by atoms with van der Waals surface area (Å²) in [4.78, 5) is 0. The summed E-state index contributed by atoms with van der Waals surface area (Å²) in [5, 5.41) is 8.42. The number of ether oxygens (including phenoxy) is 2. The van der Waals surface area contributed by atoms with Crippen molar-refractivity contribution in [3.63, 3.8) is 0 Å². The van der Waals surface area contributed by atoms with Gasteiger partial charge in [-0.25, -0.2) is 0 Å². The molecule has 0 amide bonds. The minimum atomic E-state index is -0.322. The lowest BCUT2D eigenvalue weighted by Gasteiger charge is -2.22. The Kier molecular flexibility index (Phi) is 4.87. The highest BCUT2D eigenvalue weighted by molar-refractivity contribution is 4.79. The van der Waals surface area contributed by atoms with Gasteiger partial charge in [0.15, 0.2) is 0 Å². The molecule has 12 heavy (non-hydrogen) atoms. The zero-order chi connectivity index (χ0) is 9.61. The van der Waals surface area contributed by atoms with E-state index in [0.29, 0.717) is 6.61 Å². The zero-order valence-corrected chi connectivity index (χ0v) is 8.26. The van der Waals surface area contributed by atoms with Gasteiger partial charge in [0.25, 0.3) is 0 Å². The van der Waals surface area contributed by atoms with Crippen LogP contribution in [-0.2, 0) is 9.47 Å². The number of hydrogen-bond donors (Lipinski definition) is 0. The summed E-state index contributed by atoms with van der Waals surface area (Å²) < 4.78 is 10.4. The molecule has 0 heterocycles. The van der Waals surface area contributed by atoms with Crippen LogP contribution in [-0.4, -0.2) is 25.4 Å². The molecule has 0 bridgehead atoms. The van der Waals surface area contributed by atoms with Crippen LogP contribution in [0.2, 0.25) is 0 Å². The van der Waals surface area contributed by atoms with Crippen LogP contribution in [0.3, 0.4) is 0 Å². The van der Waals surface area contributed by atoms with Crippen LogP contribution < -0.4 is 0 Å². The van der Waals surface area contributed by atoms with Crippen molar-refractivity contribution in [2.45, 2.75) is 38.9 Å². The fourth-order valence-corrected chi connectivity index (χ4v) is 0.621. The normalized spacial score (nSPS) is 13.9. The molecule has 0 spiro atoms. The van der Waals surface area contributed by atoms with Gasteiger partial charge in [0.2, 0.25) is 0 Å². The van der Waals surface area contributed by atoms with Crippen LogP contribution in [0.15, 0.2) is 0 Å². The lowest BCUT2D eigenvalue weighted by Crippen LogP contribution is -2.25. The Morgan fingerprint density at radius 1 is 1.50 bits per heavy atom. The molecule has 0 aliphatic rings. The molecule has 0 aromatic heterocycles. The minimum absolute atomic E-state index is 0.158. The van der Waals surface area contributed by atoms with Crippen molar-refractivity contribution in [1.82, 2.24) is 0 Å². The largest absolute Gasteiger partial charge is 0.379 e. The molecule has 1 atom stereocenters. The molecule has 0 N–H and O–H groups in total. The summed E-state index contributed by atoms with van der Waals surface area (Å²) in [5.74, 6) is 0. The Balaban J connectivity index is 3.51. The number of nitrogens with zero attached hydrogens (tertiary/aromatic N) is 1. The zero-order valence-electron chi connectivity index (χ0n) is 8.26. The van der Waals surface area contributed by atoms with Gasteiger partial charge in [-0.2, -0.15) is 5.26 Å². The summed E-state index contributed by atoms with van der Waals surface area (Å²) in [7, 11) is 1.67. The van der Waals surface area contributed by atoms with E-state index in [1.165, 1.54) is 0 Å². The van der Waals surface area contributed by atoms with Crippen molar-refractivity contribution < 1.29 is 9.47 Å². The van der Waals surface area contributed by atoms with E-state index in [1.54, 1.807) is 14.0 Å². The highest BCUT2D eigenvalue weighted by Crippen LogP contribution is 2.12. The van der Waals surface area contributed by atoms with Gasteiger partial charge in [0, 0.05) is 7.11 Å². The Hall–Kier alpha value is -0.590. The highest BCUT2D eigenvalue weighted by atomic mass is 16.5. The monoisotopic (exact) mass is 171 g/mol. The maximum Gasteiger partial charge on any atom is 0.141 e. The second kappa shape index (κ2) is 5.13. The molecule has 0 fully saturated rings. The topological polar surface area (TPSA) is 42.2 Å². The SMILES string of the molecule is COC(C)(C)CCOC(C)C#N. The third kappa shape index (κ3) is 5.11. The predicted molar refractivity (Wildman–Crippen MR) is 46.7 cm³/mol. The van der Waals surface area contributed by atoms with Crippen molar-refractivity contribution in [1.29, 1.82) is 5.26 Å². The molecule has 0 saturated heterocycles. The highest BCUT2D eigenvalue weighted by Gasteiger charge is 2.16. The number of methoxy groups -OCH3 is 1. The van der Waals surface area contributed by atoms with Crippen LogP contribution in [0.4, 0.5) is 0 Å². The van der Waals surface area contributed by atoms with E-state index in [1.807, 2.05) is 19.9 Å². The molecule has 0 aromatic carbocycles. The lowest BCUT2D eigenvalue weighted by molar-refractivity contribution is -0.0153. The van der Waals surface area contributed by atoms with E-state index in [9.17, 15) is 0 Å². The predicted octanol–water partition coefficient (Wildman–Crippen LogP) is 1.73. The Morgan fingerprint density at radius 2 is 2.08 bits per heavy atom. The van der Waals surface area contributed by atoms with Gasteiger partial charge in [-0.1, -0.05) is 0 Å². The second-order valence-corrected chi connectivity index (χ2v) is 3.36. The lowest BCUT2D eigenvalue weighted by atomic mass is 10.1. The summed E-state index contributed by atoms with van der Waals surface area (Å²) in [5.41, 5.74) is -0.158. The molecule has 3 nitrogen and oxygen atoms in total. The van der Waals surface area contributed by atoms with E-state index in [2.05, 4.69) is 0 Å². The van der Waals surface area contributed by atoms with E-state index >= 15 is 0 Å². The first-order valence-electron chi connectivity index (χ1n) is 4.08. The van der Waals surface area contributed by atoms with Crippen molar-refractivity contribution in [3.8, 4) is 6.07 Å². The van der Waals surface area contributed by atoms with Gasteiger partial charge in [0.05, 0.1) is 18.3 Å². The second-order valence-electron chi connectivity index (χ2n) is 3.36. The molecule has 0 saturated carbocycles. The van der Waals surface area contributed by atoms with Crippen molar-refractivity contribution in [2.24, 2.45) is 0 Å². The van der Waals surface area contributed by atoms with Crippen LogP contribution in [0.25, 0.3) is 0 Å². The fourth-order valence-electron chi connectivity index (χ4n) is 0.621. The number of hydrogen-bond acceptors (Lipinski definition) is 3. The quantitative estimate of drug-likeness (QED) is 0.632. The molecular weight excluding hydrogens is 154 g/mol. The minimum Gasteiger partial charge on any atom is -0.379 e. The van der Waals surface area contributed by atoms with Gasteiger partial charge >= 0.3 is 0 Å². The van der Waals surface area contributed by atoms with Crippen molar-refractivity contribution in [3.05, 3.63) is 0 Å². The molecule has 3 heteroatoms. The van der Waals surface area contributed by atoms with Gasteiger partial charge in [-0.05, 0) is 27.2 Å². The summed E-state index contributed by atoms with van der Waals surface area (Å²) in [6.45, 7) is 6.29. The third-order valence-electron chi connectivity index (χ3n) is 1.81. The van der Waals surface area contributed by atoms with Gasteiger partial charge in [-0.3, -0.25) is 0 Å². The van der Waals surface area contributed by atoms with Gasteiger partial charge in [-0.15, -0.1) is 0 Å². The Morgan fingerprint density at radius 3 is 2.50 bits per heavy atom. The summed E-state index contributed by atoms with van der Waals surface area (Å²) in [6, 6.07) is 2.01. The maximum absolute atomic E-state index is 8.42. The molecule has 0 rings (SSSR count). The smallest absolute Gasteiger partial charge is 0.141 e. The van der Waals surface area contributed by atoms with Gasteiger partial charge < -0.3 is 9.47 Å². The van der Waals surface area contributed by atoms with Crippen molar-refractivity contribution in [2.75, 3.05) is 13.7 Å². The molecule has 0 radical (unpaired) electrons. The molecular formula is C9H17NO2. The van der Waals surface area contributed by atoms with E-state index in [4.69, 9.17) is 14.7 Å². The average molecular weight is 171 g/mol. The molecule has 70 valence electrons. The first-order chi connectivity index (χ1) is 5.52. The third-order valence-corrected chi connectivity index (χ3v) is 1.81.